The minimum Gasteiger partial charge on any atom is -0.348 e. The Morgan fingerprint density at radius 1 is 1.26 bits per heavy atom. The van der Waals surface area contributed by atoms with Gasteiger partial charge in [0.1, 0.15) is 0 Å². The topological polar surface area (TPSA) is 42.0 Å². The Balaban J connectivity index is 2.05. The maximum absolute atomic E-state index is 12.1. The molecule has 0 radical (unpaired) electrons. The number of pyridine rings is 1. The minimum absolute atomic E-state index is 0.0631. The summed E-state index contributed by atoms with van der Waals surface area (Å²) in [5.41, 5.74) is 3.88. The van der Waals surface area contributed by atoms with Crippen molar-refractivity contribution < 1.29 is 4.79 Å². The van der Waals surface area contributed by atoms with E-state index < -0.39 is 0 Å². The SMILES string of the molecule is Cc1cc(C(=O)NCc2ccncc2C)ccc1Br. The Hall–Kier alpha value is -1.68. The van der Waals surface area contributed by atoms with E-state index in [2.05, 4.69) is 26.2 Å². The zero-order valence-corrected chi connectivity index (χ0v) is 12.5. The van der Waals surface area contributed by atoms with Gasteiger partial charge in [-0.1, -0.05) is 15.9 Å². The number of halogens is 1. The molecule has 3 nitrogen and oxygen atoms in total. The van der Waals surface area contributed by atoms with Crippen molar-refractivity contribution in [3.8, 4) is 0 Å². The number of hydrogen-bond acceptors (Lipinski definition) is 2. The van der Waals surface area contributed by atoms with E-state index in [1.165, 1.54) is 0 Å². The van der Waals surface area contributed by atoms with E-state index in [-0.39, 0.29) is 5.91 Å². The number of benzene rings is 1. The summed E-state index contributed by atoms with van der Waals surface area (Å²) in [4.78, 5) is 16.1. The molecule has 1 aromatic heterocycles. The van der Waals surface area contributed by atoms with E-state index in [1.807, 2.05) is 38.1 Å². The number of amides is 1. The van der Waals surface area contributed by atoms with Gasteiger partial charge in [-0.2, -0.15) is 0 Å². The molecule has 0 fully saturated rings. The number of nitrogens with one attached hydrogen (secondary N) is 1. The molecule has 1 heterocycles. The van der Waals surface area contributed by atoms with Crippen molar-refractivity contribution in [1.82, 2.24) is 10.3 Å². The van der Waals surface area contributed by atoms with Crippen LogP contribution in [0.25, 0.3) is 0 Å². The Morgan fingerprint density at radius 3 is 2.74 bits per heavy atom. The fraction of sp³-hybridized carbons (Fsp3) is 0.200. The highest BCUT2D eigenvalue weighted by molar-refractivity contribution is 9.10. The summed E-state index contributed by atoms with van der Waals surface area (Å²) in [5.74, 6) is -0.0631. The van der Waals surface area contributed by atoms with Gasteiger partial charge in [0.2, 0.25) is 0 Å². The number of aromatic nitrogens is 1. The fourth-order valence-electron chi connectivity index (χ4n) is 1.76. The highest BCUT2D eigenvalue weighted by Crippen LogP contribution is 2.17. The molecule has 2 rings (SSSR count). The first kappa shape index (κ1) is 13.7. The molecule has 0 aliphatic heterocycles. The van der Waals surface area contributed by atoms with Crippen LogP contribution in [-0.4, -0.2) is 10.9 Å². The minimum atomic E-state index is -0.0631. The molecule has 0 saturated carbocycles. The molecular weight excluding hydrogens is 304 g/mol. The lowest BCUT2D eigenvalue weighted by molar-refractivity contribution is 0.0951. The van der Waals surface area contributed by atoms with Crippen molar-refractivity contribution in [3.05, 3.63) is 63.4 Å². The first-order valence-electron chi connectivity index (χ1n) is 6.02. The summed E-state index contributed by atoms with van der Waals surface area (Å²) in [6.45, 7) is 4.47. The van der Waals surface area contributed by atoms with E-state index in [0.29, 0.717) is 12.1 Å². The van der Waals surface area contributed by atoms with Crippen molar-refractivity contribution in [2.45, 2.75) is 20.4 Å². The lowest BCUT2D eigenvalue weighted by Gasteiger charge is -2.08. The van der Waals surface area contributed by atoms with Gasteiger partial charge in [-0.25, -0.2) is 0 Å². The number of aryl methyl sites for hydroxylation is 2. The van der Waals surface area contributed by atoms with Crippen LogP contribution in [0, 0.1) is 13.8 Å². The van der Waals surface area contributed by atoms with E-state index >= 15 is 0 Å². The highest BCUT2D eigenvalue weighted by Gasteiger charge is 2.07. The average Bonchev–Trinajstić information content (AvgIpc) is 2.40. The maximum Gasteiger partial charge on any atom is 0.251 e. The van der Waals surface area contributed by atoms with Crippen molar-refractivity contribution in [2.24, 2.45) is 0 Å². The van der Waals surface area contributed by atoms with Crippen LogP contribution in [0.2, 0.25) is 0 Å². The fourth-order valence-corrected chi connectivity index (χ4v) is 2.01. The number of carbonyl (C=O) groups is 1. The van der Waals surface area contributed by atoms with Crippen LogP contribution in [-0.2, 0) is 6.54 Å². The van der Waals surface area contributed by atoms with Crippen LogP contribution in [0.3, 0.4) is 0 Å². The molecule has 0 saturated heterocycles. The van der Waals surface area contributed by atoms with Crippen molar-refractivity contribution in [2.75, 3.05) is 0 Å². The van der Waals surface area contributed by atoms with Crippen LogP contribution in [0.1, 0.15) is 27.0 Å². The zero-order valence-electron chi connectivity index (χ0n) is 10.9. The van der Waals surface area contributed by atoms with Gasteiger partial charge in [0, 0.05) is 29.0 Å². The third kappa shape index (κ3) is 3.41. The lowest BCUT2D eigenvalue weighted by Crippen LogP contribution is -2.23. The first-order chi connectivity index (χ1) is 9.08. The van der Waals surface area contributed by atoms with Gasteiger partial charge in [-0.05, 0) is 54.8 Å². The van der Waals surface area contributed by atoms with Gasteiger partial charge in [0.15, 0.2) is 0 Å². The standard InChI is InChI=1S/C15H15BrN2O/c1-10-7-12(3-4-14(10)16)15(19)18-9-13-5-6-17-8-11(13)2/h3-8H,9H2,1-2H3,(H,18,19). The maximum atomic E-state index is 12.1. The van der Waals surface area contributed by atoms with Gasteiger partial charge in [-0.3, -0.25) is 9.78 Å². The molecule has 98 valence electrons. The van der Waals surface area contributed by atoms with Gasteiger partial charge >= 0.3 is 0 Å². The van der Waals surface area contributed by atoms with Crippen LogP contribution >= 0.6 is 15.9 Å². The molecule has 1 N–H and O–H groups in total. The van der Waals surface area contributed by atoms with E-state index in [4.69, 9.17) is 0 Å². The molecule has 0 atom stereocenters. The van der Waals surface area contributed by atoms with Crippen molar-refractivity contribution >= 4 is 21.8 Å². The number of nitrogens with zero attached hydrogens (tertiary/aromatic N) is 1. The summed E-state index contributed by atoms with van der Waals surface area (Å²) in [7, 11) is 0. The Bertz CT molecular complexity index is 611. The Morgan fingerprint density at radius 2 is 2.05 bits per heavy atom. The van der Waals surface area contributed by atoms with Gasteiger partial charge in [-0.15, -0.1) is 0 Å². The predicted molar refractivity (Wildman–Crippen MR) is 79.0 cm³/mol. The average molecular weight is 319 g/mol. The zero-order chi connectivity index (χ0) is 13.8. The molecular formula is C15H15BrN2O. The van der Waals surface area contributed by atoms with Crippen LogP contribution < -0.4 is 5.32 Å². The lowest BCUT2D eigenvalue weighted by atomic mass is 10.1. The molecule has 0 unspecified atom stereocenters. The third-order valence-electron chi connectivity index (χ3n) is 3.00. The second-order valence-corrected chi connectivity index (χ2v) is 5.30. The molecule has 0 bridgehead atoms. The molecule has 19 heavy (non-hydrogen) atoms. The van der Waals surface area contributed by atoms with Crippen molar-refractivity contribution in [1.29, 1.82) is 0 Å². The summed E-state index contributed by atoms with van der Waals surface area (Å²) in [5, 5.41) is 2.92. The molecule has 4 heteroatoms. The normalized spacial score (nSPS) is 10.3. The smallest absolute Gasteiger partial charge is 0.251 e. The van der Waals surface area contributed by atoms with E-state index in [0.717, 1.165) is 21.2 Å². The van der Waals surface area contributed by atoms with Crippen LogP contribution in [0.15, 0.2) is 41.1 Å². The molecule has 1 aromatic carbocycles. The highest BCUT2D eigenvalue weighted by atomic mass is 79.9. The number of carbonyl (C=O) groups excluding carboxylic acids is 1. The predicted octanol–water partition coefficient (Wildman–Crippen LogP) is 3.39. The Labute approximate surface area is 121 Å². The largest absolute Gasteiger partial charge is 0.348 e. The number of hydrogen-bond donors (Lipinski definition) is 1. The summed E-state index contributed by atoms with van der Waals surface area (Å²) < 4.78 is 1.01. The molecule has 0 spiro atoms. The quantitative estimate of drug-likeness (QED) is 0.942. The van der Waals surface area contributed by atoms with Crippen LogP contribution in [0.4, 0.5) is 0 Å². The number of rotatable bonds is 3. The summed E-state index contributed by atoms with van der Waals surface area (Å²) >= 11 is 3.43. The van der Waals surface area contributed by atoms with E-state index in [1.54, 1.807) is 12.4 Å². The second-order valence-electron chi connectivity index (χ2n) is 4.45. The molecule has 0 aliphatic carbocycles. The van der Waals surface area contributed by atoms with Gasteiger partial charge < -0.3 is 5.32 Å². The third-order valence-corrected chi connectivity index (χ3v) is 3.89. The van der Waals surface area contributed by atoms with Crippen molar-refractivity contribution in [3.63, 3.8) is 0 Å². The Kier molecular flexibility index (Phi) is 4.32. The van der Waals surface area contributed by atoms with Crippen LogP contribution in [0.5, 0.6) is 0 Å². The van der Waals surface area contributed by atoms with Gasteiger partial charge in [0.05, 0.1) is 0 Å². The summed E-state index contributed by atoms with van der Waals surface area (Å²) in [6, 6.07) is 7.50. The molecule has 2 aromatic rings. The first-order valence-corrected chi connectivity index (χ1v) is 6.81. The monoisotopic (exact) mass is 318 g/mol. The van der Waals surface area contributed by atoms with E-state index in [9.17, 15) is 4.79 Å². The molecule has 1 amide bonds. The molecule has 0 aliphatic rings. The summed E-state index contributed by atoms with van der Waals surface area (Å²) in [6.07, 6.45) is 3.53. The van der Waals surface area contributed by atoms with Gasteiger partial charge in [0.25, 0.3) is 5.91 Å². The second kappa shape index (κ2) is 5.97.